The maximum atomic E-state index is 12.6. The molecule has 1 atom stereocenters. The largest absolute Gasteiger partial charge is 0.458 e. The Balaban J connectivity index is 1.64. The molecule has 5 nitrogen and oxygen atoms in total. The van der Waals surface area contributed by atoms with Gasteiger partial charge in [0.25, 0.3) is 5.91 Å². The maximum absolute atomic E-state index is 12.6. The lowest BCUT2D eigenvalue weighted by molar-refractivity contribution is 0.0516. The van der Waals surface area contributed by atoms with E-state index in [0.717, 1.165) is 23.0 Å². The minimum absolute atomic E-state index is 0.0340. The molecule has 2 aromatic rings. The SMILES string of the molecule is O=C(c1ccc(I)cc1)N1CCCC(Oc2ncc(Cl)cn2)C1. The molecule has 120 valence electrons. The molecule has 1 unspecified atom stereocenters. The van der Waals surface area contributed by atoms with E-state index >= 15 is 0 Å². The highest BCUT2D eigenvalue weighted by molar-refractivity contribution is 14.1. The summed E-state index contributed by atoms with van der Waals surface area (Å²) in [5.41, 5.74) is 0.703. The van der Waals surface area contributed by atoms with Crippen molar-refractivity contribution in [2.24, 2.45) is 0 Å². The lowest BCUT2D eigenvalue weighted by Gasteiger charge is -2.32. The van der Waals surface area contributed by atoms with Gasteiger partial charge in [0.15, 0.2) is 0 Å². The molecule has 1 saturated heterocycles. The van der Waals surface area contributed by atoms with Gasteiger partial charge in [0.2, 0.25) is 0 Å². The van der Waals surface area contributed by atoms with E-state index in [2.05, 4.69) is 32.6 Å². The van der Waals surface area contributed by atoms with Crippen LogP contribution in [-0.4, -0.2) is 40.0 Å². The molecule has 1 aromatic heterocycles. The standard InChI is InChI=1S/C16H15ClIN3O2/c17-12-8-19-16(20-9-12)23-14-2-1-7-21(10-14)15(22)11-3-5-13(18)6-4-11/h3-6,8-9,14H,1-2,7,10H2. The van der Waals surface area contributed by atoms with Crippen LogP contribution in [0, 0.1) is 3.57 Å². The fraction of sp³-hybridized carbons (Fsp3) is 0.312. The summed E-state index contributed by atoms with van der Waals surface area (Å²) in [6.45, 7) is 1.28. The second-order valence-electron chi connectivity index (χ2n) is 5.32. The van der Waals surface area contributed by atoms with Crippen LogP contribution in [0.5, 0.6) is 6.01 Å². The van der Waals surface area contributed by atoms with Gasteiger partial charge in [-0.1, -0.05) is 11.6 Å². The van der Waals surface area contributed by atoms with Crippen LogP contribution in [0.25, 0.3) is 0 Å². The Morgan fingerprint density at radius 1 is 1.26 bits per heavy atom. The third-order valence-corrected chi connectivity index (χ3v) is 4.54. The Bertz CT molecular complexity index is 679. The summed E-state index contributed by atoms with van der Waals surface area (Å²) in [7, 11) is 0. The highest BCUT2D eigenvalue weighted by atomic mass is 127. The van der Waals surface area contributed by atoms with E-state index in [9.17, 15) is 4.79 Å². The van der Waals surface area contributed by atoms with E-state index in [1.807, 2.05) is 29.2 Å². The van der Waals surface area contributed by atoms with Crippen molar-refractivity contribution in [3.63, 3.8) is 0 Å². The zero-order chi connectivity index (χ0) is 16.2. The van der Waals surface area contributed by atoms with E-state index in [-0.39, 0.29) is 12.0 Å². The van der Waals surface area contributed by atoms with Gasteiger partial charge in [0.05, 0.1) is 24.0 Å². The molecule has 0 radical (unpaired) electrons. The number of halogens is 2. The normalized spacial score (nSPS) is 17.8. The molecule has 1 aliphatic rings. The number of nitrogens with zero attached hydrogens (tertiary/aromatic N) is 3. The van der Waals surface area contributed by atoms with Gasteiger partial charge >= 0.3 is 6.01 Å². The fourth-order valence-electron chi connectivity index (χ4n) is 2.50. The van der Waals surface area contributed by atoms with Gasteiger partial charge in [-0.2, -0.15) is 0 Å². The molecule has 7 heteroatoms. The van der Waals surface area contributed by atoms with Crippen molar-refractivity contribution >= 4 is 40.1 Å². The van der Waals surface area contributed by atoms with Gasteiger partial charge in [-0.15, -0.1) is 0 Å². The molecule has 1 aromatic carbocycles. The van der Waals surface area contributed by atoms with Crippen LogP contribution in [0.15, 0.2) is 36.7 Å². The average molecular weight is 444 g/mol. The highest BCUT2D eigenvalue weighted by Crippen LogP contribution is 2.18. The molecular weight excluding hydrogens is 429 g/mol. The van der Waals surface area contributed by atoms with Crippen LogP contribution in [0.2, 0.25) is 5.02 Å². The number of hydrogen-bond donors (Lipinski definition) is 0. The number of carbonyl (C=O) groups is 1. The monoisotopic (exact) mass is 443 g/mol. The van der Waals surface area contributed by atoms with E-state index in [4.69, 9.17) is 16.3 Å². The number of ether oxygens (including phenoxy) is 1. The summed E-state index contributed by atoms with van der Waals surface area (Å²) in [5, 5.41) is 0.469. The summed E-state index contributed by atoms with van der Waals surface area (Å²) >= 11 is 7.99. The first-order valence-electron chi connectivity index (χ1n) is 7.31. The number of likely N-dealkylation sites (tertiary alicyclic amines) is 1. The number of hydrogen-bond acceptors (Lipinski definition) is 4. The predicted octanol–water partition coefficient (Wildman–Crippen LogP) is 3.42. The van der Waals surface area contributed by atoms with Crippen molar-refractivity contribution < 1.29 is 9.53 Å². The van der Waals surface area contributed by atoms with Gasteiger partial charge in [-0.3, -0.25) is 4.79 Å². The van der Waals surface area contributed by atoms with Crippen LogP contribution in [0.1, 0.15) is 23.2 Å². The molecule has 3 rings (SSSR count). The van der Waals surface area contributed by atoms with Crippen LogP contribution < -0.4 is 4.74 Å². The molecule has 1 fully saturated rings. The zero-order valence-electron chi connectivity index (χ0n) is 12.3. The Kier molecular flexibility index (Phi) is 5.32. The molecule has 0 aliphatic carbocycles. The Morgan fingerprint density at radius 3 is 2.65 bits per heavy atom. The van der Waals surface area contributed by atoms with E-state index < -0.39 is 0 Å². The molecular formula is C16H15ClIN3O2. The molecule has 2 heterocycles. The van der Waals surface area contributed by atoms with Crippen LogP contribution in [0.3, 0.4) is 0 Å². The number of benzene rings is 1. The minimum atomic E-state index is -0.0993. The smallest absolute Gasteiger partial charge is 0.316 e. The van der Waals surface area contributed by atoms with Crippen LogP contribution in [0.4, 0.5) is 0 Å². The maximum Gasteiger partial charge on any atom is 0.316 e. The van der Waals surface area contributed by atoms with Crippen molar-refractivity contribution in [3.05, 3.63) is 50.8 Å². The third kappa shape index (κ3) is 4.32. The first-order chi connectivity index (χ1) is 11.1. The quantitative estimate of drug-likeness (QED) is 0.682. The molecule has 1 aliphatic heterocycles. The van der Waals surface area contributed by atoms with Gasteiger partial charge in [0.1, 0.15) is 6.10 Å². The topological polar surface area (TPSA) is 55.3 Å². The highest BCUT2D eigenvalue weighted by Gasteiger charge is 2.26. The number of piperidine rings is 1. The van der Waals surface area contributed by atoms with Crippen molar-refractivity contribution in [1.29, 1.82) is 0 Å². The molecule has 0 N–H and O–H groups in total. The van der Waals surface area contributed by atoms with Crippen molar-refractivity contribution in [1.82, 2.24) is 14.9 Å². The van der Waals surface area contributed by atoms with Gasteiger partial charge in [-0.25, -0.2) is 9.97 Å². The fourth-order valence-corrected chi connectivity index (χ4v) is 2.96. The molecule has 23 heavy (non-hydrogen) atoms. The molecule has 0 bridgehead atoms. The summed E-state index contributed by atoms with van der Waals surface area (Å²) in [6, 6.07) is 7.89. The predicted molar refractivity (Wildman–Crippen MR) is 95.8 cm³/mol. The van der Waals surface area contributed by atoms with E-state index in [0.29, 0.717) is 23.1 Å². The van der Waals surface area contributed by atoms with E-state index in [1.54, 1.807) is 0 Å². The Labute approximate surface area is 153 Å². The lowest BCUT2D eigenvalue weighted by Crippen LogP contribution is -2.44. The summed E-state index contributed by atoms with van der Waals surface area (Å²) in [5.74, 6) is 0.0340. The Hall–Kier alpha value is -1.41. The van der Waals surface area contributed by atoms with Gasteiger partial charge in [0, 0.05) is 15.7 Å². The summed E-state index contributed by atoms with van der Waals surface area (Å²) in [4.78, 5) is 22.5. The number of rotatable bonds is 3. The van der Waals surface area contributed by atoms with Gasteiger partial charge < -0.3 is 9.64 Å². The van der Waals surface area contributed by atoms with Crippen LogP contribution in [-0.2, 0) is 0 Å². The van der Waals surface area contributed by atoms with E-state index in [1.165, 1.54) is 12.4 Å². The van der Waals surface area contributed by atoms with Crippen molar-refractivity contribution in [2.45, 2.75) is 18.9 Å². The number of carbonyl (C=O) groups excluding carboxylic acids is 1. The summed E-state index contributed by atoms with van der Waals surface area (Å²) in [6.07, 6.45) is 4.68. The number of aromatic nitrogens is 2. The zero-order valence-corrected chi connectivity index (χ0v) is 15.2. The molecule has 1 amide bonds. The van der Waals surface area contributed by atoms with Crippen molar-refractivity contribution in [2.75, 3.05) is 13.1 Å². The second kappa shape index (κ2) is 7.44. The molecule has 0 spiro atoms. The minimum Gasteiger partial charge on any atom is -0.458 e. The number of amides is 1. The third-order valence-electron chi connectivity index (χ3n) is 3.63. The second-order valence-corrected chi connectivity index (χ2v) is 7.01. The first kappa shape index (κ1) is 16.4. The molecule has 0 saturated carbocycles. The van der Waals surface area contributed by atoms with Gasteiger partial charge in [-0.05, 0) is 59.7 Å². The first-order valence-corrected chi connectivity index (χ1v) is 8.76. The summed E-state index contributed by atoms with van der Waals surface area (Å²) < 4.78 is 6.88. The van der Waals surface area contributed by atoms with Crippen LogP contribution >= 0.6 is 34.2 Å². The van der Waals surface area contributed by atoms with Crippen molar-refractivity contribution in [3.8, 4) is 6.01 Å². The average Bonchev–Trinajstić information content (AvgIpc) is 2.57. The Morgan fingerprint density at radius 2 is 1.96 bits per heavy atom. The lowest BCUT2D eigenvalue weighted by atomic mass is 10.1.